The molecule has 2 atom stereocenters. The van der Waals surface area contributed by atoms with Crippen molar-refractivity contribution < 1.29 is 27.5 Å². The Bertz CT molecular complexity index is 387. The van der Waals surface area contributed by atoms with Crippen molar-refractivity contribution in [1.29, 1.82) is 0 Å². The minimum absolute atomic E-state index is 0.0832. The SMILES string of the molecule is CC(=O)O[C@@H]1CSS(=O)(=O)C[C@H]1OC(C)=O. The molecular formula is C8H12O6S2. The van der Waals surface area contributed by atoms with Crippen LogP contribution in [-0.4, -0.2) is 44.1 Å². The normalized spacial score (nSPS) is 28.1. The average molecular weight is 268 g/mol. The van der Waals surface area contributed by atoms with E-state index in [9.17, 15) is 18.0 Å². The number of hydrogen-bond donors (Lipinski definition) is 0. The molecule has 16 heavy (non-hydrogen) atoms. The Labute approximate surface area is 97.0 Å². The van der Waals surface area contributed by atoms with Crippen LogP contribution in [0.1, 0.15) is 13.8 Å². The van der Waals surface area contributed by atoms with E-state index in [-0.39, 0.29) is 11.5 Å². The predicted molar refractivity (Wildman–Crippen MR) is 57.4 cm³/mol. The number of rotatable bonds is 2. The van der Waals surface area contributed by atoms with Crippen LogP contribution in [0.25, 0.3) is 0 Å². The van der Waals surface area contributed by atoms with E-state index in [0.29, 0.717) is 10.8 Å². The molecule has 0 spiro atoms. The van der Waals surface area contributed by atoms with E-state index >= 15 is 0 Å². The van der Waals surface area contributed by atoms with Crippen molar-refractivity contribution in [2.24, 2.45) is 0 Å². The molecule has 8 heteroatoms. The monoisotopic (exact) mass is 268 g/mol. The zero-order chi connectivity index (χ0) is 12.3. The molecule has 0 radical (unpaired) electrons. The molecule has 0 amide bonds. The Morgan fingerprint density at radius 2 is 1.62 bits per heavy atom. The molecule has 0 unspecified atom stereocenters. The van der Waals surface area contributed by atoms with Crippen LogP contribution in [-0.2, 0) is 27.9 Å². The van der Waals surface area contributed by atoms with E-state index in [0.717, 1.165) is 0 Å². The molecule has 1 saturated heterocycles. The van der Waals surface area contributed by atoms with Gasteiger partial charge < -0.3 is 9.47 Å². The lowest BCUT2D eigenvalue weighted by atomic mass is 10.2. The summed E-state index contributed by atoms with van der Waals surface area (Å²) in [5.74, 6) is -1.36. The summed E-state index contributed by atoms with van der Waals surface area (Å²) >= 11 is 0. The molecule has 0 aromatic carbocycles. The first-order valence-corrected chi connectivity index (χ1v) is 7.67. The molecule has 1 aliphatic rings. The fourth-order valence-electron chi connectivity index (χ4n) is 1.28. The lowest BCUT2D eigenvalue weighted by Crippen LogP contribution is -2.44. The summed E-state index contributed by atoms with van der Waals surface area (Å²) in [4.78, 5) is 21.6. The van der Waals surface area contributed by atoms with E-state index in [4.69, 9.17) is 9.47 Å². The number of ether oxygens (including phenoxy) is 2. The van der Waals surface area contributed by atoms with Crippen molar-refractivity contribution in [3.05, 3.63) is 0 Å². The van der Waals surface area contributed by atoms with Gasteiger partial charge in [-0.3, -0.25) is 9.59 Å². The maximum absolute atomic E-state index is 11.3. The lowest BCUT2D eigenvalue weighted by Gasteiger charge is -2.29. The number of carbonyl (C=O) groups excluding carboxylic acids is 2. The summed E-state index contributed by atoms with van der Waals surface area (Å²) in [6.45, 7) is 2.40. The molecule has 0 aromatic rings. The molecule has 0 bridgehead atoms. The van der Waals surface area contributed by atoms with Gasteiger partial charge in [0.05, 0.1) is 0 Å². The van der Waals surface area contributed by atoms with Gasteiger partial charge in [-0.15, -0.1) is 0 Å². The van der Waals surface area contributed by atoms with E-state index in [1.54, 1.807) is 0 Å². The van der Waals surface area contributed by atoms with E-state index in [1.807, 2.05) is 0 Å². The summed E-state index contributed by atoms with van der Waals surface area (Å²) in [6, 6.07) is 0. The fourth-order valence-corrected chi connectivity index (χ4v) is 4.40. The maximum Gasteiger partial charge on any atom is 0.303 e. The molecule has 0 aromatic heterocycles. The van der Waals surface area contributed by atoms with Crippen LogP contribution in [0, 0.1) is 0 Å². The van der Waals surface area contributed by atoms with E-state index in [2.05, 4.69) is 0 Å². The maximum atomic E-state index is 11.3. The third-order valence-corrected chi connectivity index (χ3v) is 5.28. The molecule has 1 rings (SSSR count). The third-order valence-electron chi connectivity index (χ3n) is 1.83. The largest absolute Gasteiger partial charge is 0.458 e. The summed E-state index contributed by atoms with van der Waals surface area (Å²) < 4.78 is 32.3. The summed E-state index contributed by atoms with van der Waals surface area (Å²) in [5.41, 5.74) is 0. The first-order chi connectivity index (χ1) is 7.30. The fraction of sp³-hybridized carbons (Fsp3) is 0.750. The van der Waals surface area contributed by atoms with Gasteiger partial charge in [0, 0.05) is 19.6 Å². The summed E-state index contributed by atoms with van der Waals surface area (Å²) in [7, 11) is -2.59. The van der Waals surface area contributed by atoms with Crippen molar-refractivity contribution in [3.8, 4) is 0 Å². The molecule has 0 saturated carbocycles. The van der Waals surface area contributed by atoms with Crippen LogP contribution in [0.4, 0.5) is 0 Å². The van der Waals surface area contributed by atoms with Crippen LogP contribution in [0.5, 0.6) is 0 Å². The predicted octanol–water partition coefficient (Wildman–Crippen LogP) is -0.0736. The van der Waals surface area contributed by atoms with Gasteiger partial charge in [0.2, 0.25) is 8.87 Å². The van der Waals surface area contributed by atoms with Crippen LogP contribution in [0.3, 0.4) is 0 Å². The first kappa shape index (κ1) is 13.3. The molecule has 1 fully saturated rings. The quantitative estimate of drug-likeness (QED) is 0.511. The van der Waals surface area contributed by atoms with Crippen molar-refractivity contribution >= 4 is 31.6 Å². The number of carbonyl (C=O) groups is 2. The average Bonchev–Trinajstić information content (AvgIpc) is 2.07. The Morgan fingerprint density at radius 3 is 2.12 bits per heavy atom. The third kappa shape index (κ3) is 4.01. The molecule has 0 N–H and O–H groups in total. The van der Waals surface area contributed by atoms with Crippen LogP contribution in [0.2, 0.25) is 0 Å². The Kier molecular flexibility index (Phi) is 4.20. The highest BCUT2D eigenvalue weighted by Crippen LogP contribution is 2.27. The second-order valence-corrected chi connectivity index (χ2v) is 7.55. The smallest absolute Gasteiger partial charge is 0.303 e. The summed E-state index contributed by atoms with van der Waals surface area (Å²) in [6.07, 6.45) is -1.61. The van der Waals surface area contributed by atoms with Crippen LogP contribution < -0.4 is 0 Å². The standard InChI is InChI=1S/C8H12O6S2/c1-5(9)13-7-3-15-16(11,12)4-8(7)14-6(2)10/h7-8H,3-4H2,1-2H3/t7-,8-/m1/s1. The van der Waals surface area contributed by atoms with E-state index < -0.39 is 33.0 Å². The molecular weight excluding hydrogens is 256 g/mol. The zero-order valence-electron chi connectivity index (χ0n) is 8.83. The van der Waals surface area contributed by atoms with Gasteiger partial charge in [-0.2, -0.15) is 0 Å². The van der Waals surface area contributed by atoms with Crippen LogP contribution in [0.15, 0.2) is 0 Å². The van der Waals surface area contributed by atoms with Crippen molar-refractivity contribution in [2.45, 2.75) is 26.1 Å². The molecule has 0 aliphatic carbocycles. The topological polar surface area (TPSA) is 86.7 Å². The Hall–Kier alpha value is -0.760. The van der Waals surface area contributed by atoms with Crippen molar-refractivity contribution in [3.63, 3.8) is 0 Å². The molecule has 92 valence electrons. The zero-order valence-corrected chi connectivity index (χ0v) is 10.5. The first-order valence-electron chi connectivity index (χ1n) is 4.52. The van der Waals surface area contributed by atoms with Gasteiger partial charge in [0.1, 0.15) is 11.9 Å². The minimum atomic E-state index is -3.30. The Balaban J connectivity index is 2.75. The molecule has 1 heterocycles. The van der Waals surface area contributed by atoms with Gasteiger partial charge in [-0.25, -0.2) is 8.42 Å². The highest BCUT2D eigenvalue weighted by molar-refractivity contribution is 8.72. The lowest BCUT2D eigenvalue weighted by molar-refractivity contribution is -0.161. The number of esters is 2. The van der Waals surface area contributed by atoms with Gasteiger partial charge in [0.15, 0.2) is 6.10 Å². The van der Waals surface area contributed by atoms with Crippen LogP contribution >= 0.6 is 10.8 Å². The van der Waals surface area contributed by atoms with Crippen molar-refractivity contribution in [1.82, 2.24) is 0 Å². The van der Waals surface area contributed by atoms with Gasteiger partial charge >= 0.3 is 11.9 Å². The summed E-state index contributed by atoms with van der Waals surface area (Å²) in [5, 5.41) is 0. The molecule has 1 aliphatic heterocycles. The van der Waals surface area contributed by atoms with Crippen molar-refractivity contribution in [2.75, 3.05) is 11.5 Å². The second-order valence-electron chi connectivity index (χ2n) is 3.30. The second kappa shape index (κ2) is 5.05. The Morgan fingerprint density at radius 1 is 1.12 bits per heavy atom. The highest BCUT2D eigenvalue weighted by atomic mass is 33.1. The van der Waals surface area contributed by atoms with Gasteiger partial charge in [0.25, 0.3) is 0 Å². The highest BCUT2D eigenvalue weighted by Gasteiger charge is 2.38. The molecule has 6 nitrogen and oxygen atoms in total. The van der Waals surface area contributed by atoms with Gasteiger partial charge in [-0.1, -0.05) is 0 Å². The minimum Gasteiger partial charge on any atom is -0.458 e. The number of hydrogen-bond acceptors (Lipinski definition) is 7. The van der Waals surface area contributed by atoms with E-state index in [1.165, 1.54) is 13.8 Å². The van der Waals surface area contributed by atoms with Gasteiger partial charge in [-0.05, 0) is 10.8 Å².